The first-order chi connectivity index (χ1) is 12.6. The largest absolute Gasteiger partial charge is 0.348 e. The quantitative estimate of drug-likeness (QED) is 0.885. The second kappa shape index (κ2) is 7.53. The smallest absolute Gasteiger partial charge is 0.0925 e. The molecule has 1 aromatic heterocycles. The fraction of sp³-hybridized carbons (Fsp3) is 0.591. The van der Waals surface area contributed by atoms with Crippen LogP contribution < -0.4 is 0 Å². The molecule has 26 heavy (non-hydrogen) atoms. The van der Waals surface area contributed by atoms with Crippen molar-refractivity contribution in [2.45, 2.75) is 58.7 Å². The summed E-state index contributed by atoms with van der Waals surface area (Å²) in [6.07, 6.45) is 4.54. The number of H-pyrrole nitrogens is 1. The number of aromatic amines is 1. The average Bonchev–Trinajstić information content (AvgIpc) is 2.84. The van der Waals surface area contributed by atoms with E-state index in [-0.39, 0.29) is 0 Å². The molecule has 3 aliphatic heterocycles. The lowest BCUT2D eigenvalue weighted by Crippen LogP contribution is -2.43. The molecular formula is C22H32N4. The lowest BCUT2D eigenvalue weighted by molar-refractivity contribution is 0.123. The lowest BCUT2D eigenvalue weighted by atomic mass is 9.94. The molecule has 5 rings (SSSR count). The Balaban J connectivity index is 1.42. The number of hydrogen-bond donors (Lipinski definition) is 1. The number of nitrogens with one attached hydrogen (secondary N) is 1. The molecule has 3 fully saturated rings. The number of rotatable bonds is 5. The van der Waals surface area contributed by atoms with E-state index in [9.17, 15) is 0 Å². The van der Waals surface area contributed by atoms with Crippen molar-refractivity contribution in [3.05, 3.63) is 53.1 Å². The molecular weight excluding hydrogens is 320 g/mol. The summed E-state index contributed by atoms with van der Waals surface area (Å²) < 4.78 is 0. The molecule has 4 nitrogen and oxygen atoms in total. The molecule has 2 atom stereocenters. The van der Waals surface area contributed by atoms with E-state index in [0.29, 0.717) is 12.0 Å². The van der Waals surface area contributed by atoms with Gasteiger partial charge in [0.2, 0.25) is 0 Å². The van der Waals surface area contributed by atoms with Crippen LogP contribution in [0.1, 0.15) is 55.1 Å². The van der Waals surface area contributed by atoms with Crippen LogP contribution in [0.3, 0.4) is 0 Å². The fourth-order valence-electron chi connectivity index (χ4n) is 4.60. The third-order valence-electron chi connectivity index (χ3n) is 6.24. The van der Waals surface area contributed by atoms with E-state index in [2.05, 4.69) is 64.8 Å². The molecule has 1 N–H and O–H groups in total. The standard InChI is InChI=1S/C22H32N4/c1-16(2)20-7-4-18(5-8-20)11-26-12-19-6-9-21(26)13-25(10-19)14-22-17(3)23-15-24-22/h4-5,7-8,15-16,19,21H,6,9-14H2,1-3H3,(H,23,24)/t19-,21+/m0/s1. The summed E-state index contributed by atoms with van der Waals surface area (Å²) >= 11 is 0. The molecule has 3 saturated heterocycles. The summed E-state index contributed by atoms with van der Waals surface area (Å²) in [5, 5.41) is 0. The number of hydrogen-bond acceptors (Lipinski definition) is 3. The number of nitrogens with zero attached hydrogens (tertiary/aromatic N) is 3. The van der Waals surface area contributed by atoms with E-state index in [4.69, 9.17) is 0 Å². The molecule has 0 spiro atoms. The first kappa shape index (κ1) is 17.7. The van der Waals surface area contributed by atoms with E-state index < -0.39 is 0 Å². The van der Waals surface area contributed by atoms with Crippen LogP contribution in [0, 0.1) is 12.8 Å². The Kier molecular flexibility index (Phi) is 5.14. The highest BCUT2D eigenvalue weighted by Crippen LogP contribution is 2.30. The van der Waals surface area contributed by atoms with Gasteiger partial charge in [0.25, 0.3) is 0 Å². The normalized spacial score (nSPS) is 24.3. The fourth-order valence-corrected chi connectivity index (χ4v) is 4.60. The molecule has 0 unspecified atom stereocenters. The SMILES string of the molecule is Cc1[nH]cnc1CN1C[C@@H]2CC[C@H](C1)N(Cc1ccc(C(C)C)cc1)C2. The maximum Gasteiger partial charge on any atom is 0.0925 e. The third-order valence-corrected chi connectivity index (χ3v) is 6.24. The minimum Gasteiger partial charge on any atom is -0.348 e. The number of fused-ring (bicyclic) bond motifs is 4. The summed E-state index contributed by atoms with van der Waals surface area (Å²) in [7, 11) is 0. The van der Waals surface area contributed by atoms with Crippen LogP contribution in [0.4, 0.5) is 0 Å². The van der Waals surface area contributed by atoms with Crippen LogP contribution in [-0.4, -0.2) is 45.4 Å². The molecule has 3 aliphatic rings. The van der Waals surface area contributed by atoms with Crippen LogP contribution >= 0.6 is 0 Å². The third kappa shape index (κ3) is 3.86. The van der Waals surface area contributed by atoms with Crippen molar-refractivity contribution in [3.8, 4) is 0 Å². The van der Waals surface area contributed by atoms with Gasteiger partial charge in [-0.2, -0.15) is 0 Å². The van der Waals surface area contributed by atoms with Crippen molar-refractivity contribution in [3.63, 3.8) is 0 Å². The van der Waals surface area contributed by atoms with Crippen molar-refractivity contribution in [1.82, 2.24) is 19.8 Å². The summed E-state index contributed by atoms with van der Waals surface area (Å²) in [5.74, 6) is 1.40. The zero-order valence-corrected chi connectivity index (χ0v) is 16.4. The van der Waals surface area contributed by atoms with Crippen molar-refractivity contribution in [2.24, 2.45) is 5.92 Å². The summed E-state index contributed by atoms with van der Waals surface area (Å²) in [6.45, 7) is 12.4. The van der Waals surface area contributed by atoms with Gasteiger partial charge in [0.1, 0.15) is 0 Å². The highest BCUT2D eigenvalue weighted by Gasteiger charge is 2.34. The van der Waals surface area contributed by atoms with Gasteiger partial charge in [-0.3, -0.25) is 9.80 Å². The zero-order valence-electron chi connectivity index (χ0n) is 16.4. The number of benzene rings is 1. The van der Waals surface area contributed by atoms with E-state index in [1.54, 1.807) is 0 Å². The van der Waals surface area contributed by atoms with E-state index in [1.165, 1.54) is 55.0 Å². The maximum atomic E-state index is 4.51. The Hall–Kier alpha value is -1.65. The van der Waals surface area contributed by atoms with E-state index in [1.807, 2.05) is 6.33 Å². The molecule has 1 aromatic carbocycles. The molecule has 0 amide bonds. The van der Waals surface area contributed by atoms with Gasteiger partial charge in [0, 0.05) is 44.5 Å². The van der Waals surface area contributed by atoms with Crippen molar-refractivity contribution >= 4 is 0 Å². The van der Waals surface area contributed by atoms with Crippen LogP contribution in [0.15, 0.2) is 30.6 Å². The zero-order chi connectivity index (χ0) is 18.1. The number of aryl methyl sites for hydroxylation is 1. The van der Waals surface area contributed by atoms with Crippen LogP contribution in [0.25, 0.3) is 0 Å². The minimum absolute atomic E-state index is 0.609. The monoisotopic (exact) mass is 352 g/mol. The Bertz CT molecular complexity index is 718. The highest BCUT2D eigenvalue weighted by atomic mass is 15.3. The number of aromatic nitrogens is 2. The number of piperidine rings is 1. The minimum atomic E-state index is 0.609. The molecule has 2 aromatic rings. The lowest BCUT2D eigenvalue weighted by Gasteiger charge is -2.36. The topological polar surface area (TPSA) is 35.2 Å². The number of imidazole rings is 1. The molecule has 4 heteroatoms. The van der Waals surface area contributed by atoms with Gasteiger partial charge in [-0.05, 0) is 42.7 Å². The first-order valence-electron chi connectivity index (χ1n) is 10.1. The van der Waals surface area contributed by atoms with Gasteiger partial charge < -0.3 is 4.98 Å². The van der Waals surface area contributed by atoms with Crippen molar-refractivity contribution in [2.75, 3.05) is 19.6 Å². The van der Waals surface area contributed by atoms with Crippen LogP contribution in [0.2, 0.25) is 0 Å². The van der Waals surface area contributed by atoms with Gasteiger partial charge in [0.15, 0.2) is 0 Å². The summed E-state index contributed by atoms with van der Waals surface area (Å²) in [6, 6.07) is 9.96. The summed E-state index contributed by atoms with van der Waals surface area (Å²) in [5.41, 5.74) is 5.31. The molecule has 2 bridgehead atoms. The second-order valence-corrected chi connectivity index (χ2v) is 8.59. The maximum absolute atomic E-state index is 4.51. The average molecular weight is 353 g/mol. The first-order valence-corrected chi connectivity index (χ1v) is 10.1. The van der Waals surface area contributed by atoms with Gasteiger partial charge in [-0.1, -0.05) is 38.1 Å². The van der Waals surface area contributed by atoms with E-state index >= 15 is 0 Å². The molecule has 0 radical (unpaired) electrons. The predicted molar refractivity (Wildman–Crippen MR) is 106 cm³/mol. The summed E-state index contributed by atoms with van der Waals surface area (Å²) in [4.78, 5) is 13.1. The Morgan fingerprint density at radius 1 is 1.08 bits per heavy atom. The highest BCUT2D eigenvalue weighted by molar-refractivity contribution is 5.24. The van der Waals surface area contributed by atoms with Crippen LogP contribution in [-0.2, 0) is 13.1 Å². The van der Waals surface area contributed by atoms with Crippen molar-refractivity contribution in [1.29, 1.82) is 0 Å². The van der Waals surface area contributed by atoms with Gasteiger partial charge in [-0.15, -0.1) is 0 Å². The Morgan fingerprint density at radius 3 is 2.58 bits per heavy atom. The van der Waals surface area contributed by atoms with E-state index in [0.717, 1.165) is 19.0 Å². The van der Waals surface area contributed by atoms with Crippen molar-refractivity contribution < 1.29 is 0 Å². The Labute approximate surface area is 157 Å². The van der Waals surface area contributed by atoms with Crippen LogP contribution in [0.5, 0.6) is 0 Å². The van der Waals surface area contributed by atoms with Gasteiger partial charge in [0.05, 0.1) is 12.0 Å². The molecule has 0 aliphatic carbocycles. The Morgan fingerprint density at radius 2 is 1.88 bits per heavy atom. The van der Waals surface area contributed by atoms with Gasteiger partial charge >= 0.3 is 0 Å². The molecule has 0 saturated carbocycles. The van der Waals surface area contributed by atoms with Gasteiger partial charge in [-0.25, -0.2) is 4.98 Å². The molecule has 4 heterocycles. The second-order valence-electron chi connectivity index (χ2n) is 8.59. The predicted octanol–water partition coefficient (Wildman–Crippen LogP) is 3.94. The molecule has 140 valence electrons.